The van der Waals surface area contributed by atoms with Crippen LogP contribution in [0.4, 0.5) is 5.69 Å². The number of aryl methyl sites for hydroxylation is 1. The van der Waals surface area contributed by atoms with Crippen molar-refractivity contribution in [3.8, 4) is 0 Å². The molecular formula is C18H18N2O3S2. The molecule has 1 saturated heterocycles. The van der Waals surface area contributed by atoms with Gasteiger partial charge in [-0.3, -0.25) is 9.69 Å². The number of amidine groups is 1. The summed E-state index contributed by atoms with van der Waals surface area (Å²) in [5.41, 5.74) is 1.59. The molecule has 5 nitrogen and oxygen atoms in total. The highest BCUT2D eigenvalue weighted by molar-refractivity contribution is 8.16. The number of para-hydroxylation sites is 1. The number of nitrogens with zero attached hydrogens (tertiary/aromatic N) is 2. The van der Waals surface area contributed by atoms with Gasteiger partial charge >= 0.3 is 0 Å². The van der Waals surface area contributed by atoms with Crippen molar-refractivity contribution in [2.45, 2.75) is 30.4 Å². The lowest BCUT2D eigenvalue weighted by Crippen LogP contribution is -2.32. The highest BCUT2D eigenvalue weighted by atomic mass is 32.2. The van der Waals surface area contributed by atoms with Gasteiger partial charge in [0.15, 0.2) is 5.17 Å². The van der Waals surface area contributed by atoms with Gasteiger partial charge in [0.25, 0.3) is 10.0 Å². The summed E-state index contributed by atoms with van der Waals surface area (Å²) in [7, 11) is -3.88. The fourth-order valence-corrected chi connectivity index (χ4v) is 4.74. The number of hydrogen-bond donors (Lipinski definition) is 0. The molecule has 130 valence electrons. The third-order valence-corrected chi connectivity index (χ3v) is 6.54. The van der Waals surface area contributed by atoms with Crippen molar-refractivity contribution in [2.75, 3.05) is 4.90 Å². The Labute approximate surface area is 151 Å². The number of anilines is 1. The molecule has 2 aromatic rings. The third kappa shape index (κ3) is 3.62. The Hall–Kier alpha value is -2.12. The van der Waals surface area contributed by atoms with Gasteiger partial charge in [-0.25, -0.2) is 0 Å². The minimum Gasteiger partial charge on any atom is -0.273 e. The van der Waals surface area contributed by atoms with E-state index in [1.807, 2.05) is 19.9 Å². The van der Waals surface area contributed by atoms with Crippen LogP contribution in [0.2, 0.25) is 0 Å². The Kier molecular flexibility index (Phi) is 4.96. The number of carbonyl (C=O) groups is 1. The highest BCUT2D eigenvalue weighted by Gasteiger charge is 2.39. The monoisotopic (exact) mass is 374 g/mol. The van der Waals surface area contributed by atoms with Crippen molar-refractivity contribution in [1.82, 2.24) is 0 Å². The van der Waals surface area contributed by atoms with E-state index in [1.54, 1.807) is 36.4 Å². The molecule has 0 radical (unpaired) electrons. The van der Waals surface area contributed by atoms with Gasteiger partial charge in [-0.05, 0) is 37.6 Å². The maximum Gasteiger partial charge on any atom is 0.284 e. The normalized spacial score (nSPS) is 19.6. The summed E-state index contributed by atoms with van der Waals surface area (Å²) in [5, 5.41) is -0.129. The van der Waals surface area contributed by atoms with Gasteiger partial charge in [0.2, 0.25) is 5.91 Å². The van der Waals surface area contributed by atoms with Gasteiger partial charge < -0.3 is 0 Å². The fraction of sp³-hybridized carbons (Fsp3) is 0.222. The second-order valence-electron chi connectivity index (χ2n) is 5.69. The first-order chi connectivity index (χ1) is 11.9. The molecule has 0 spiro atoms. The molecule has 0 unspecified atom stereocenters. The molecule has 1 fully saturated rings. The second kappa shape index (κ2) is 7.01. The average molecular weight is 374 g/mol. The number of thioether (sulfide) groups is 1. The summed E-state index contributed by atoms with van der Waals surface area (Å²) in [6.07, 6.45) is 0.608. The number of rotatable bonds is 4. The molecule has 0 saturated carbocycles. The zero-order chi connectivity index (χ0) is 18.0. The predicted molar refractivity (Wildman–Crippen MR) is 101 cm³/mol. The smallest absolute Gasteiger partial charge is 0.273 e. The van der Waals surface area contributed by atoms with E-state index < -0.39 is 10.0 Å². The van der Waals surface area contributed by atoms with Crippen LogP contribution in [0.3, 0.4) is 0 Å². The van der Waals surface area contributed by atoms with E-state index in [4.69, 9.17) is 0 Å². The summed E-state index contributed by atoms with van der Waals surface area (Å²) in [4.78, 5) is 14.2. The maximum atomic E-state index is 12.6. The van der Waals surface area contributed by atoms with Crippen LogP contribution in [0, 0.1) is 6.92 Å². The largest absolute Gasteiger partial charge is 0.284 e. The van der Waals surface area contributed by atoms with E-state index in [2.05, 4.69) is 4.40 Å². The molecule has 25 heavy (non-hydrogen) atoms. The molecule has 1 aliphatic heterocycles. The maximum absolute atomic E-state index is 12.6. The lowest BCUT2D eigenvalue weighted by molar-refractivity contribution is -0.116. The van der Waals surface area contributed by atoms with Crippen LogP contribution in [0.25, 0.3) is 0 Å². The van der Waals surface area contributed by atoms with Gasteiger partial charge in [-0.1, -0.05) is 54.6 Å². The molecule has 2 aromatic carbocycles. The van der Waals surface area contributed by atoms with Crippen molar-refractivity contribution < 1.29 is 13.2 Å². The SMILES string of the molecule is CC[C@H]1SC(=NS(=O)(=O)c2ccc(C)cc2)N(c2ccccc2)C1=O. The first kappa shape index (κ1) is 17.7. The number of benzene rings is 2. The molecular weight excluding hydrogens is 356 g/mol. The van der Waals surface area contributed by atoms with Gasteiger partial charge in [0, 0.05) is 0 Å². The summed E-state index contributed by atoms with van der Waals surface area (Å²) in [6.45, 7) is 3.78. The van der Waals surface area contributed by atoms with E-state index in [1.165, 1.54) is 28.8 Å². The summed E-state index contributed by atoms with van der Waals surface area (Å²) in [6, 6.07) is 15.5. The molecule has 0 N–H and O–H groups in total. The van der Waals surface area contributed by atoms with Crippen LogP contribution in [0.1, 0.15) is 18.9 Å². The Bertz CT molecular complexity index is 907. The summed E-state index contributed by atoms with van der Waals surface area (Å²) < 4.78 is 29.2. The Morgan fingerprint density at radius 2 is 1.72 bits per heavy atom. The van der Waals surface area contributed by atoms with Crippen molar-refractivity contribution in [2.24, 2.45) is 4.40 Å². The zero-order valence-electron chi connectivity index (χ0n) is 13.9. The molecule has 1 heterocycles. The van der Waals surface area contributed by atoms with Crippen LogP contribution in [0.15, 0.2) is 63.9 Å². The van der Waals surface area contributed by atoms with E-state index >= 15 is 0 Å². The van der Waals surface area contributed by atoms with Crippen molar-refractivity contribution in [1.29, 1.82) is 0 Å². The minimum absolute atomic E-state index is 0.117. The van der Waals surface area contributed by atoms with Gasteiger partial charge in [0.05, 0.1) is 15.8 Å². The van der Waals surface area contributed by atoms with Crippen molar-refractivity contribution in [3.63, 3.8) is 0 Å². The van der Waals surface area contributed by atoms with E-state index in [9.17, 15) is 13.2 Å². The average Bonchev–Trinajstić information content (AvgIpc) is 2.90. The summed E-state index contributed by atoms with van der Waals surface area (Å²) in [5.74, 6) is -0.142. The molecule has 0 bridgehead atoms. The lowest BCUT2D eigenvalue weighted by atomic mass is 10.2. The molecule has 3 rings (SSSR count). The molecule has 7 heteroatoms. The van der Waals surface area contributed by atoms with Gasteiger partial charge in [-0.2, -0.15) is 8.42 Å². The van der Waals surface area contributed by atoms with E-state index in [-0.39, 0.29) is 21.2 Å². The van der Waals surface area contributed by atoms with Crippen LogP contribution < -0.4 is 4.90 Å². The van der Waals surface area contributed by atoms with Crippen molar-refractivity contribution in [3.05, 3.63) is 60.2 Å². The second-order valence-corrected chi connectivity index (χ2v) is 8.46. The number of sulfonamides is 1. The Balaban J connectivity index is 2.04. The molecule has 1 amide bonds. The van der Waals surface area contributed by atoms with E-state index in [0.29, 0.717) is 12.1 Å². The zero-order valence-corrected chi connectivity index (χ0v) is 15.5. The van der Waals surface area contributed by atoms with E-state index in [0.717, 1.165) is 5.56 Å². The molecule has 0 aromatic heterocycles. The fourth-order valence-electron chi connectivity index (χ4n) is 2.47. The number of amides is 1. The summed E-state index contributed by atoms with van der Waals surface area (Å²) >= 11 is 1.19. The van der Waals surface area contributed by atoms with Crippen molar-refractivity contribution >= 4 is 38.5 Å². The topological polar surface area (TPSA) is 66.8 Å². The Morgan fingerprint density at radius 1 is 1.08 bits per heavy atom. The Morgan fingerprint density at radius 3 is 2.32 bits per heavy atom. The quantitative estimate of drug-likeness (QED) is 0.820. The van der Waals surface area contributed by atoms with Crippen LogP contribution >= 0.6 is 11.8 Å². The minimum atomic E-state index is -3.88. The number of carbonyl (C=O) groups excluding carboxylic acids is 1. The lowest BCUT2D eigenvalue weighted by Gasteiger charge is -2.16. The van der Waals surface area contributed by atoms with Crippen LogP contribution in [-0.4, -0.2) is 24.7 Å². The standard InChI is InChI=1S/C18H18N2O3S2/c1-3-16-17(21)20(14-7-5-4-6-8-14)18(24-16)19-25(22,23)15-11-9-13(2)10-12-15/h4-12,16H,3H2,1-2H3/t16-/m1/s1. The molecule has 0 aliphatic carbocycles. The molecule has 1 atom stereocenters. The van der Waals surface area contributed by atoms with Gasteiger partial charge in [-0.15, -0.1) is 4.40 Å². The van der Waals surface area contributed by atoms with Gasteiger partial charge in [0.1, 0.15) is 0 Å². The number of hydrogen-bond acceptors (Lipinski definition) is 4. The van der Waals surface area contributed by atoms with Crippen LogP contribution in [-0.2, 0) is 14.8 Å². The predicted octanol–water partition coefficient (Wildman–Crippen LogP) is 3.60. The van der Waals surface area contributed by atoms with Crippen LogP contribution in [0.5, 0.6) is 0 Å². The first-order valence-corrected chi connectivity index (χ1v) is 10.2. The molecule has 1 aliphatic rings. The first-order valence-electron chi connectivity index (χ1n) is 7.89. The third-order valence-electron chi connectivity index (χ3n) is 3.84. The highest BCUT2D eigenvalue weighted by Crippen LogP contribution is 2.34.